The van der Waals surface area contributed by atoms with Crippen molar-refractivity contribution in [3.8, 4) is 16.9 Å². The Bertz CT molecular complexity index is 1240. The summed E-state index contributed by atoms with van der Waals surface area (Å²) in [6.45, 7) is 0.477. The molecule has 1 aliphatic rings. The maximum atomic E-state index is 12.7. The summed E-state index contributed by atoms with van der Waals surface area (Å²) in [5.41, 5.74) is 3.50. The van der Waals surface area contributed by atoms with Crippen molar-refractivity contribution < 1.29 is 4.74 Å². The van der Waals surface area contributed by atoms with Crippen LogP contribution < -0.4 is 10.3 Å². The first kappa shape index (κ1) is 19.4. The number of benzene rings is 3. The number of hydrogen-bond donors (Lipinski definition) is 0. The van der Waals surface area contributed by atoms with E-state index in [1.807, 2.05) is 52.5 Å². The zero-order chi connectivity index (χ0) is 20.5. The maximum Gasteiger partial charge on any atom is 0.268 e. The molecule has 3 aromatic carbocycles. The van der Waals surface area contributed by atoms with Crippen LogP contribution in [0.5, 0.6) is 5.75 Å². The highest BCUT2D eigenvalue weighted by Crippen LogP contribution is 2.33. The molecule has 1 aliphatic carbocycles. The van der Waals surface area contributed by atoms with Crippen LogP contribution in [0.25, 0.3) is 21.2 Å². The Kier molecular flexibility index (Phi) is 5.36. The van der Waals surface area contributed by atoms with Gasteiger partial charge in [0.05, 0.1) is 10.1 Å². The van der Waals surface area contributed by atoms with E-state index in [9.17, 15) is 4.79 Å². The molecule has 1 fully saturated rings. The SMILES string of the molecule is O=c1c2ccc(OCc3cccc(-c4ccc(Cl)cc4)c3)cc2sn1C1CCCC1. The minimum absolute atomic E-state index is 0.143. The smallest absolute Gasteiger partial charge is 0.268 e. The maximum absolute atomic E-state index is 12.7. The molecule has 0 radical (unpaired) electrons. The van der Waals surface area contributed by atoms with Gasteiger partial charge in [-0.15, -0.1) is 0 Å². The average Bonchev–Trinajstić information content (AvgIpc) is 3.41. The van der Waals surface area contributed by atoms with Gasteiger partial charge in [0.25, 0.3) is 5.56 Å². The second-order valence-corrected chi connectivity index (χ2v) is 9.27. The second-order valence-electron chi connectivity index (χ2n) is 7.81. The van der Waals surface area contributed by atoms with E-state index in [1.54, 1.807) is 11.5 Å². The van der Waals surface area contributed by atoms with Crippen molar-refractivity contribution in [3.05, 3.63) is 87.7 Å². The van der Waals surface area contributed by atoms with E-state index in [1.165, 1.54) is 12.8 Å². The number of fused-ring (bicyclic) bond motifs is 1. The summed E-state index contributed by atoms with van der Waals surface area (Å²) in [4.78, 5) is 12.7. The van der Waals surface area contributed by atoms with Crippen molar-refractivity contribution in [2.45, 2.75) is 38.3 Å². The van der Waals surface area contributed by atoms with Crippen LogP contribution in [0.15, 0.2) is 71.5 Å². The van der Waals surface area contributed by atoms with Gasteiger partial charge in [-0.1, -0.05) is 66.3 Å². The molecule has 4 aromatic rings. The van der Waals surface area contributed by atoms with Gasteiger partial charge in [-0.05, 0) is 65.9 Å². The fourth-order valence-electron chi connectivity index (χ4n) is 4.14. The predicted molar refractivity (Wildman–Crippen MR) is 125 cm³/mol. The van der Waals surface area contributed by atoms with E-state index >= 15 is 0 Å². The Morgan fingerprint density at radius 1 is 0.967 bits per heavy atom. The number of aromatic nitrogens is 1. The summed E-state index contributed by atoms with van der Waals surface area (Å²) in [7, 11) is 0. The number of halogens is 1. The Hall–Kier alpha value is -2.56. The third kappa shape index (κ3) is 3.90. The van der Waals surface area contributed by atoms with Crippen LogP contribution >= 0.6 is 23.1 Å². The molecular weight excluding hydrogens is 414 g/mol. The molecule has 152 valence electrons. The molecule has 3 nitrogen and oxygen atoms in total. The summed E-state index contributed by atoms with van der Waals surface area (Å²) in [5.74, 6) is 0.791. The van der Waals surface area contributed by atoms with Crippen molar-refractivity contribution in [2.24, 2.45) is 0 Å². The summed E-state index contributed by atoms with van der Waals surface area (Å²) in [5, 5.41) is 1.53. The lowest BCUT2D eigenvalue weighted by Crippen LogP contribution is -2.16. The number of hydrogen-bond acceptors (Lipinski definition) is 3. The van der Waals surface area contributed by atoms with Crippen molar-refractivity contribution in [1.82, 2.24) is 3.96 Å². The van der Waals surface area contributed by atoms with Crippen molar-refractivity contribution in [1.29, 1.82) is 0 Å². The fourth-order valence-corrected chi connectivity index (χ4v) is 5.44. The third-order valence-electron chi connectivity index (χ3n) is 5.75. The van der Waals surface area contributed by atoms with E-state index in [-0.39, 0.29) is 5.56 Å². The largest absolute Gasteiger partial charge is 0.489 e. The standard InChI is InChI=1S/C25H22ClNO2S/c26-20-10-8-18(9-11-20)19-5-3-4-17(14-19)16-29-22-12-13-23-24(15-22)30-27(25(23)28)21-6-1-2-7-21/h3-5,8-15,21H,1-2,6-7,16H2. The van der Waals surface area contributed by atoms with Gasteiger partial charge in [0.15, 0.2) is 0 Å². The van der Waals surface area contributed by atoms with E-state index in [2.05, 4.69) is 18.2 Å². The molecular formula is C25H22ClNO2S. The first-order valence-electron chi connectivity index (χ1n) is 10.3. The quantitative estimate of drug-likeness (QED) is 0.335. The first-order chi connectivity index (χ1) is 14.7. The van der Waals surface area contributed by atoms with Gasteiger partial charge in [-0.25, -0.2) is 0 Å². The Labute approximate surface area is 184 Å². The lowest BCUT2D eigenvalue weighted by molar-refractivity contribution is 0.307. The molecule has 1 saturated carbocycles. The van der Waals surface area contributed by atoms with E-state index in [4.69, 9.17) is 16.3 Å². The lowest BCUT2D eigenvalue weighted by atomic mass is 10.0. The van der Waals surface area contributed by atoms with Crippen LogP contribution in [0, 0.1) is 0 Å². The van der Waals surface area contributed by atoms with E-state index in [0.717, 1.165) is 50.4 Å². The number of nitrogens with zero attached hydrogens (tertiary/aromatic N) is 1. The van der Waals surface area contributed by atoms with Crippen LogP contribution in [-0.2, 0) is 6.61 Å². The monoisotopic (exact) mass is 435 g/mol. The van der Waals surface area contributed by atoms with Crippen LogP contribution in [0.4, 0.5) is 0 Å². The average molecular weight is 436 g/mol. The highest BCUT2D eigenvalue weighted by Gasteiger charge is 2.21. The molecule has 5 rings (SSSR count). The minimum Gasteiger partial charge on any atom is -0.489 e. The van der Waals surface area contributed by atoms with Crippen LogP contribution in [0.3, 0.4) is 0 Å². The molecule has 5 heteroatoms. The molecule has 30 heavy (non-hydrogen) atoms. The zero-order valence-corrected chi connectivity index (χ0v) is 18.1. The predicted octanol–water partition coefficient (Wildman–Crippen LogP) is 7.08. The van der Waals surface area contributed by atoms with Gasteiger partial charge in [0.2, 0.25) is 0 Å². The fraction of sp³-hybridized carbons (Fsp3) is 0.240. The van der Waals surface area contributed by atoms with Gasteiger partial charge in [-0.3, -0.25) is 8.75 Å². The summed E-state index contributed by atoms with van der Waals surface area (Å²) < 4.78 is 9.03. The minimum atomic E-state index is 0.143. The zero-order valence-electron chi connectivity index (χ0n) is 16.5. The second kappa shape index (κ2) is 8.29. The van der Waals surface area contributed by atoms with Crippen LogP contribution in [0.1, 0.15) is 37.3 Å². The number of rotatable bonds is 5. The Balaban J connectivity index is 1.34. The molecule has 0 unspecified atom stereocenters. The normalized spacial score (nSPS) is 14.4. The van der Waals surface area contributed by atoms with Gasteiger partial charge in [-0.2, -0.15) is 0 Å². The molecule has 0 amide bonds. The summed E-state index contributed by atoms with van der Waals surface area (Å²) in [6, 6.07) is 22.3. The van der Waals surface area contributed by atoms with E-state index < -0.39 is 0 Å². The molecule has 0 N–H and O–H groups in total. The summed E-state index contributed by atoms with van der Waals surface area (Å²) >= 11 is 7.57. The van der Waals surface area contributed by atoms with Crippen LogP contribution in [0.2, 0.25) is 5.02 Å². The van der Waals surface area contributed by atoms with Crippen LogP contribution in [-0.4, -0.2) is 3.96 Å². The Morgan fingerprint density at radius 3 is 2.57 bits per heavy atom. The summed E-state index contributed by atoms with van der Waals surface area (Å²) in [6.07, 6.45) is 4.66. The van der Waals surface area contributed by atoms with Gasteiger partial charge in [0, 0.05) is 11.1 Å². The van der Waals surface area contributed by atoms with Crippen molar-refractivity contribution in [3.63, 3.8) is 0 Å². The van der Waals surface area contributed by atoms with Gasteiger partial charge >= 0.3 is 0 Å². The molecule has 1 aromatic heterocycles. The van der Waals surface area contributed by atoms with Crippen molar-refractivity contribution in [2.75, 3.05) is 0 Å². The molecule has 0 atom stereocenters. The molecule has 0 spiro atoms. The molecule has 0 aliphatic heterocycles. The topological polar surface area (TPSA) is 31.2 Å². The van der Waals surface area contributed by atoms with Gasteiger partial charge in [0.1, 0.15) is 12.4 Å². The highest BCUT2D eigenvalue weighted by molar-refractivity contribution is 7.13. The Morgan fingerprint density at radius 2 is 1.77 bits per heavy atom. The first-order valence-corrected chi connectivity index (χ1v) is 11.5. The lowest BCUT2D eigenvalue weighted by Gasteiger charge is -2.08. The number of ether oxygens (including phenoxy) is 1. The molecule has 0 saturated heterocycles. The van der Waals surface area contributed by atoms with Gasteiger partial charge < -0.3 is 4.74 Å². The van der Waals surface area contributed by atoms with Crippen molar-refractivity contribution >= 4 is 33.2 Å². The molecule has 0 bridgehead atoms. The third-order valence-corrected chi connectivity index (χ3v) is 7.19. The highest BCUT2D eigenvalue weighted by atomic mass is 35.5. The molecule has 1 heterocycles. The van der Waals surface area contributed by atoms with E-state index in [0.29, 0.717) is 12.6 Å².